The van der Waals surface area contributed by atoms with Crippen molar-refractivity contribution in [1.29, 1.82) is 0 Å². The van der Waals surface area contributed by atoms with Crippen molar-refractivity contribution in [2.24, 2.45) is 0 Å². The second-order valence-electron chi connectivity index (χ2n) is 3.62. The van der Waals surface area contributed by atoms with Gasteiger partial charge in [0.1, 0.15) is 0 Å². The molecule has 0 aliphatic heterocycles. The van der Waals surface area contributed by atoms with Gasteiger partial charge in [-0.1, -0.05) is 67.8 Å². The van der Waals surface area contributed by atoms with Crippen molar-refractivity contribution in [1.82, 2.24) is 0 Å². The highest BCUT2D eigenvalue weighted by Gasteiger charge is 2.02. The van der Waals surface area contributed by atoms with Crippen LogP contribution in [-0.2, 0) is 0 Å². The van der Waals surface area contributed by atoms with E-state index in [1.165, 1.54) is 11.1 Å². The first-order valence-electron chi connectivity index (χ1n) is 5.29. The minimum Gasteiger partial charge on any atom is -0.0985 e. The molecule has 16 heavy (non-hydrogen) atoms. The highest BCUT2D eigenvalue weighted by atomic mass is 14.1. The van der Waals surface area contributed by atoms with Crippen molar-refractivity contribution in [2.75, 3.05) is 0 Å². The van der Waals surface area contributed by atoms with Gasteiger partial charge in [-0.15, -0.1) is 0 Å². The van der Waals surface area contributed by atoms with Gasteiger partial charge in [-0.3, -0.25) is 0 Å². The maximum absolute atomic E-state index is 3.86. The Morgan fingerprint density at radius 3 is 2.19 bits per heavy atom. The van der Waals surface area contributed by atoms with Crippen LogP contribution >= 0.6 is 0 Å². The molecule has 0 heterocycles. The summed E-state index contributed by atoms with van der Waals surface area (Å²) in [7, 11) is 0. The van der Waals surface area contributed by atoms with Crippen molar-refractivity contribution in [3.05, 3.63) is 72.8 Å². The Morgan fingerprint density at radius 1 is 0.812 bits per heavy atom. The Bertz CT molecular complexity index is 507. The van der Waals surface area contributed by atoms with Gasteiger partial charge in [0.2, 0.25) is 0 Å². The highest BCUT2D eigenvalue weighted by Crippen LogP contribution is 2.25. The lowest BCUT2D eigenvalue weighted by molar-refractivity contribution is 1.57. The predicted octanol–water partition coefficient (Wildman–Crippen LogP) is 4.64. The monoisotopic (exact) mass is 206 g/mol. The zero-order valence-electron chi connectivity index (χ0n) is 9.19. The smallest absolute Gasteiger partial charge is 0.0111 e. The van der Waals surface area contributed by atoms with Crippen molar-refractivity contribution in [3.63, 3.8) is 0 Å². The van der Waals surface area contributed by atoms with E-state index in [0.29, 0.717) is 0 Å². The van der Waals surface area contributed by atoms with Crippen LogP contribution in [0.2, 0.25) is 0 Å². The average molecular weight is 206 g/mol. The minimum atomic E-state index is 1.12. The van der Waals surface area contributed by atoms with E-state index in [0.717, 1.165) is 11.1 Å². The van der Waals surface area contributed by atoms with Crippen LogP contribution in [0.25, 0.3) is 23.3 Å². The van der Waals surface area contributed by atoms with Crippen molar-refractivity contribution in [3.8, 4) is 11.1 Å². The van der Waals surface area contributed by atoms with Gasteiger partial charge < -0.3 is 0 Å². The van der Waals surface area contributed by atoms with Crippen molar-refractivity contribution < 1.29 is 0 Å². The van der Waals surface area contributed by atoms with E-state index in [9.17, 15) is 0 Å². The molecule has 0 atom stereocenters. The van der Waals surface area contributed by atoms with E-state index in [2.05, 4.69) is 43.5 Å². The molecule has 0 bridgehead atoms. The second kappa shape index (κ2) is 4.63. The molecule has 0 saturated heterocycles. The molecule has 0 aliphatic rings. The fraction of sp³-hybridized carbons (Fsp3) is 0. The van der Waals surface area contributed by atoms with Gasteiger partial charge in [-0.05, 0) is 28.3 Å². The number of rotatable bonds is 3. The van der Waals surface area contributed by atoms with Crippen LogP contribution < -0.4 is 0 Å². The van der Waals surface area contributed by atoms with Crippen LogP contribution in [0.4, 0.5) is 0 Å². The summed E-state index contributed by atoms with van der Waals surface area (Å²) in [5, 5.41) is 0. The SMILES string of the molecule is C=Cc1ccc(-c2ccccc2)c(C=C)c1. The summed E-state index contributed by atoms with van der Waals surface area (Å²) in [5.74, 6) is 0. The summed E-state index contributed by atoms with van der Waals surface area (Å²) in [5.41, 5.74) is 4.69. The van der Waals surface area contributed by atoms with Gasteiger partial charge in [-0.2, -0.15) is 0 Å². The van der Waals surface area contributed by atoms with Crippen LogP contribution in [0.15, 0.2) is 61.7 Å². The Kier molecular flexibility index (Phi) is 3.02. The molecule has 0 spiro atoms. The third-order valence-electron chi connectivity index (χ3n) is 2.62. The van der Waals surface area contributed by atoms with E-state index in [1.807, 2.05) is 30.4 Å². The molecule has 0 saturated carbocycles. The molecular formula is C16H14. The lowest BCUT2D eigenvalue weighted by Gasteiger charge is -2.07. The normalized spacial score (nSPS) is 9.75. The molecule has 0 heteroatoms. The predicted molar refractivity (Wildman–Crippen MR) is 72.1 cm³/mol. The van der Waals surface area contributed by atoms with E-state index in [1.54, 1.807) is 0 Å². The zero-order valence-corrected chi connectivity index (χ0v) is 9.19. The molecule has 0 amide bonds. The average Bonchev–Trinajstić information content (AvgIpc) is 2.39. The molecule has 0 fully saturated rings. The number of benzene rings is 2. The number of hydrogen-bond acceptors (Lipinski definition) is 0. The summed E-state index contributed by atoms with van der Waals surface area (Å²) < 4.78 is 0. The Morgan fingerprint density at radius 2 is 1.56 bits per heavy atom. The van der Waals surface area contributed by atoms with Gasteiger partial charge in [0.05, 0.1) is 0 Å². The van der Waals surface area contributed by atoms with Crippen molar-refractivity contribution in [2.45, 2.75) is 0 Å². The third kappa shape index (κ3) is 1.96. The first-order chi connectivity index (χ1) is 7.85. The Labute approximate surface area is 96.6 Å². The first-order valence-corrected chi connectivity index (χ1v) is 5.29. The van der Waals surface area contributed by atoms with Crippen LogP contribution in [0.3, 0.4) is 0 Å². The van der Waals surface area contributed by atoms with Gasteiger partial charge >= 0.3 is 0 Å². The minimum absolute atomic E-state index is 1.12. The number of hydrogen-bond donors (Lipinski definition) is 0. The van der Waals surface area contributed by atoms with E-state index >= 15 is 0 Å². The molecule has 78 valence electrons. The van der Waals surface area contributed by atoms with Gasteiger partial charge in [0.15, 0.2) is 0 Å². The lowest BCUT2D eigenvalue weighted by atomic mass is 9.97. The summed E-state index contributed by atoms with van der Waals surface area (Å²) in [6.45, 7) is 7.63. The first kappa shape index (κ1) is 10.4. The summed E-state index contributed by atoms with van der Waals surface area (Å²) in [6.07, 6.45) is 3.73. The maximum Gasteiger partial charge on any atom is -0.0111 e. The van der Waals surface area contributed by atoms with E-state index in [4.69, 9.17) is 0 Å². The molecule has 0 aromatic heterocycles. The summed E-state index contributed by atoms with van der Waals surface area (Å²) in [4.78, 5) is 0. The standard InChI is InChI=1S/C16H14/c1-3-13-10-11-16(14(4-2)12-13)15-8-6-5-7-9-15/h3-12H,1-2H2. The Hall–Kier alpha value is -2.08. The lowest BCUT2D eigenvalue weighted by Crippen LogP contribution is -1.84. The summed E-state index contributed by atoms with van der Waals surface area (Å²) >= 11 is 0. The molecule has 2 rings (SSSR count). The molecule has 2 aromatic rings. The molecule has 0 N–H and O–H groups in total. The van der Waals surface area contributed by atoms with Gasteiger partial charge in [-0.25, -0.2) is 0 Å². The van der Waals surface area contributed by atoms with Crippen molar-refractivity contribution >= 4 is 12.2 Å². The van der Waals surface area contributed by atoms with Crippen LogP contribution in [0.5, 0.6) is 0 Å². The van der Waals surface area contributed by atoms with Gasteiger partial charge in [0.25, 0.3) is 0 Å². The third-order valence-corrected chi connectivity index (χ3v) is 2.62. The van der Waals surface area contributed by atoms with Crippen LogP contribution in [-0.4, -0.2) is 0 Å². The molecule has 0 unspecified atom stereocenters. The summed E-state index contributed by atoms with van der Waals surface area (Å²) in [6, 6.07) is 16.6. The van der Waals surface area contributed by atoms with Crippen LogP contribution in [0.1, 0.15) is 11.1 Å². The highest BCUT2D eigenvalue weighted by molar-refractivity contribution is 5.76. The van der Waals surface area contributed by atoms with Crippen LogP contribution in [0, 0.1) is 0 Å². The topological polar surface area (TPSA) is 0 Å². The molecule has 0 aliphatic carbocycles. The van der Waals surface area contributed by atoms with E-state index in [-0.39, 0.29) is 0 Å². The second-order valence-corrected chi connectivity index (χ2v) is 3.62. The molecule has 2 aromatic carbocycles. The Balaban J connectivity index is 2.57. The fourth-order valence-corrected chi connectivity index (χ4v) is 1.76. The fourth-order valence-electron chi connectivity index (χ4n) is 1.76. The molecular weight excluding hydrogens is 192 g/mol. The van der Waals surface area contributed by atoms with E-state index < -0.39 is 0 Å². The zero-order chi connectivity index (χ0) is 11.4. The molecule has 0 radical (unpaired) electrons. The van der Waals surface area contributed by atoms with Gasteiger partial charge in [0, 0.05) is 0 Å². The molecule has 0 nitrogen and oxygen atoms in total. The quantitative estimate of drug-likeness (QED) is 0.686. The largest absolute Gasteiger partial charge is 0.0985 e. The maximum atomic E-state index is 3.86.